The average molecular weight is 533 g/mol. The number of nitrogens with one attached hydrogen (secondary N) is 1. The summed E-state index contributed by atoms with van der Waals surface area (Å²) in [5.74, 6) is 3.70. The maximum absolute atomic E-state index is 5.96. The molecule has 40 heavy (non-hydrogen) atoms. The molecular weight excluding hydrogens is 504 g/mol. The molecule has 1 aliphatic rings. The zero-order chi connectivity index (χ0) is 27.4. The van der Waals surface area contributed by atoms with Crippen molar-refractivity contribution in [3.63, 3.8) is 0 Å². The Morgan fingerprint density at radius 1 is 0.900 bits per heavy atom. The Balaban J connectivity index is 1.43. The standard InChI is InChI=1S/C32H28N4O4/c1-17-30(18(2)40-36-17)24-14-25-23(16-27(24)37-4)31-26(33-19(3)34-32(31)35-25)12-21-13-28-29(39-11-10-38-28)15-22(21)20-8-6-5-7-9-20/h5-9,13-16H,10-12H2,1-4H3,(H,33,34,35). The number of aromatic amines is 1. The van der Waals surface area contributed by atoms with E-state index in [0.29, 0.717) is 25.5 Å². The topological polar surface area (TPSA) is 95.3 Å². The van der Waals surface area contributed by atoms with Gasteiger partial charge in [0, 0.05) is 28.3 Å². The number of H-pyrrole nitrogens is 1. The van der Waals surface area contributed by atoms with Crippen LogP contribution in [-0.2, 0) is 6.42 Å². The first kappa shape index (κ1) is 24.2. The smallest absolute Gasteiger partial charge is 0.161 e. The highest BCUT2D eigenvalue weighted by molar-refractivity contribution is 6.09. The number of hydrogen-bond donors (Lipinski definition) is 1. The SMILES string of the molecule is COc1cc2c(cc1-c1c(C)noc1C)[nH]c1nc(C)nc(Cc3cc4c(cc3-c3ccccc3)OCCO4)c12. The third-order valence-corrected chi connectivity index (χ3v) is 7.47. The Morgan fingerprint density at radius 2 is 1.68 bits per heavy atom. The number of fused-ring (bicyclic) bond motifs is 4. The Labute approximate surface area is 230 Å². The molecule has 6 aromatic rings. The highest BCUT2D eigenvalue weighted by Gasteiger charge is 2.22. The fourth-order valence-electron chi connectivity index (χ4n) is 5.73. The molecule has 4 heterocycles. The van der Waals surface area contributed by atoms with Crippen molar-refractivity contribution in [1.82, 2.24) is 20.1 Å². The summed E-state index contributed by atoms with van der Waals surface area (Å²) in [5, 5.41) is 6.11. The first-order valence-corrected chi connectivity index (χ1v) is 13.3. The van der Waals surface area contributed by atoms with Crippen molar-refractivity contribution in [3.05, 3.63) is 83.1 Å². The van der Waals surface area contributed by atoms with Crippen LogP contribution in [0.3, 0.4) is 0 Å². The first-order valence-electron chi connectivity index (χ1n) is 13.3. The van der Waals surface area contributed by atoms with Crippen LogP contribution in [0.15, 0.2) is 59.1 Å². The molecule has 8 heteroatoms. The number of aromatic nitrogens is 4. The van der Waals surface area contributed by atoms with Crippen LogP contribution in [-0.4, -0.2) is 40.4 Å². The first-order chi connectivity index (χ1) is 19.5. The predicted molar refractivity (Wildman–Crippen MR) is 153 cm³/mol. The minimum atomic E-state index is 0.531. The van der Waals surface area contributed by atoms with Gasteiger partial charge >= 0.3 is 0 Å². The molecule has 0 saturated heterocycles. The summed E-state index contributed by atoms with van der Waals surface area (Å²) in [5.41, 5.74) is 8.62. The summed E-state index contributed by atoms with van der Waals surface area (Å²) in [6, 6.07) is 18.7. The highest BCUT2D eigenvalue weighted by atomic mass is 16.6. The van der Waals surface area contributed by atoms with Crippen molar-refractivity contribution in [2.24, 2.45) is 0 Å². The number of aryl methyl sites for hydroxylation is 3. The van der Waals surface area contributed by atoms with Crippen molar-refractivity contribution in [2.75, 3.05) is 20.3 Å². The molecule has 0 saturated carbocycles. The maximum atomic E-state index is 5.96. The van der Waals surface area contributed by atoms with Gasteiger partial charge in [-0.25, -0.2) is 9.97 Å². The monoisotopic (exact) mass is 532 g/mol. The fourth-order valence-corrected chi connectivity index (χ4v) is 5.73. The molecule has 200 valence electrons. The van der Waals surface area contributed by atoms with Crippen LogP contribution in [0.5, 0.6) is 17.2 Å². The lowest BCUT2D eigenvalue weighted by molar-refractivity contribution is 0.171. The van der Waals surface area contributed by atoms with Gasteiger partial charge < -0.3 is 23.7 Å². The zero-order valence-electron chi connectivity index (χ0n) is 22.8. The lowest BCUT2D eigenvalue weighted by Gasteiger charge is -2.21. The van der Waals surface area contributed by atoms with Gasteiger partial charge in [-0.1, -0.05) is 35.5 Å². The molecule has 3 aromatic heterocycles. The molecule has 1 N–H and O–H groups in total. The van der Waals surface area contributed by atoms with E-state index in [4.69, 9.17) is 28.7 Å². The van der Waals surface area contributed by atoms with Crippen LogP contribution in [0.4, 0.5) is 0 Å². The molecule has 0 radical (unpaired) electrons. The van der Waals surface area contributed by atoms with Crippen molar-refractivity contribution in [2.45, 2.75) is 27.2 Å². The van der Waals surface area contributed by atoms with E-state index in [2.05, 4.69) is 46.5 Å². The number of nitrogens with zero attached hydrogens (tertiary/aromatic N) is 3. The Bertz CT molecular complexity index is 1890. The molecule has 0 amide bonds. The van der Waals surface area contributed by atoms with E-state index < -0.39 is 0 Å². The van der Waals surface area contributed by atoms with Gasteiger partial charge in [-0.15, -0.1) is 0 Å². The average Bonchev–Trinajstić information content (AvgIpc) is 3.49. The molecule has 0 atom stereocenters. The van der Waals surface area contributed by atoms with Crippen molar-refractivity contribution in [1.29, 1.82) is 0 Å². The van der Waals surface area contributed by atoms with Gasteiger partial charge in [-0.3, -0.25) is 0 Å². The Kier molecular flexibility index (Phi) is 5.70. The van der Waals surface area contributed by atoms with E-state index in [1.807, 2.05) is 39.0 Å². The minimum Gasteiger partial charge on any atom is -0.496 e. The van der Waals surface area contributed by atoms with E-state index in [-0.39, 0.29) is 0 Å². The summed E-state index contributed by atoms with van der Waals surface area (Å²) in [7, 11) is 1.68. The quantitative estimate of drug-likeness (QED) is 0.263. The number of hydrogen-bond acceptors (Lipinski definition) is 7. The van der Waals surface area contributed by atoms with Crippen LogP contribution in [0.2, 0.25) is 0 Å². The van der Waals surface area contributed by atoms with E-state index in [1.165, 1.54) is 0 Å². The molecular formula is C32H28N4O4. The van der Waals surface area contributed by atoms with Gasteiger partial charge in [-0.05, 0) is 61.7 Å². The molecule has 1 aliphatic heterocycles. The van der Waals surface area contributed by atoms with Crippen molar-refractivity contribution in [3.8, 4) is 39.5 Å². The normalized spacial score (nSPS) is 12.8. The summed E-state index contributed by atoms with van der Waals surface area (Å²) in [4.78, 5) is 13.3. The molecule has 0 spiro atoms. The Hall–Kier alpha value is -4.85. The molecule has 0 bridgehead atoms. The minimum absolute atomic E-state index is 0.531. The molecule has 8 nitrogen and oxygen atoms in total. The predicted octanol–water partition coefficient (Wildman–Crippen LogP) is 6.73. The Morgan fingerprint density at radius 3 is 2.40 bits per heavy atom. The van der Waals surface area contributed by atoms with Crippen LogP contribution in [0.25, 0.3) is 44.2 Å². The van der Waals surface area contributed by atoms with Gasteiger partial charge in [0.25, 0.3) is 0 Å². The summed E-state index contributed by atoms with van der Waals surface area (Å²) < 4.78 is 23.2. The highest BCUT2D eigenvalue weighted by Crippen LogP contribution is 2.42. The van der Waals surface area contributed by atoms with Crippen LogP contribution < -0.4 is 14.2 Å². The third kappa shape index (κ3) is 3.95. The van der Waals surface area contributed by atoms with Crippen molar-refractivity contribution < 1.29 is 18.7 Å². The zero-order valence-corrected chi connectivity index (χ0v) is 22.8. The molecule has 0 fully saturated rings. The van der Waals surface area contributed by atoms with Crippen molar-refractivity contribution >= 4 is 21.9 Å². The van der Waals surface area contributed by atoms with Gasteiger partial charge in [0.05, 0.1) is 24.1 Å². The maximum Gasteiger partial charge on any atom is 0.161 e. The second kappa shape index (κ2) is 9.41. The summed E-state index contributed by atoms with van der Waals surface area (Å²) >= 11 is 0. The largest absolute Gasteiger partial charge is 0.496 e. The second-order valence-corrected chi connectivity index (χ2v) is 10.1. The number of benzene rings is 3. The molecule has 3 aromatic carbocycles. The fraction of sp³-hybridized carbons (Fsp3) is 0.219. The number of ether oxygens (including phenoxy) is 3. The molecule has 7 rings (SSSR count). The van der Waals surface area contributed by atoms with Gasteiger partial charge in [0.2, 0.25) is 0 Å². The van der Waals surface area contributed by atoms with Gasteiger partial charge in [0.1, 0.15) is 36.2 Å². The molecule has 0 aliphatic carbocycles. The molecule has 0 unspecified atom stereocenters. The third-order valence-electron chi connectivity index (χ3n) is 7.47. The lowest BCUT2D eigenvalue weighted by atomic mass is 9.94. The van der Waals surface area contributed by atoms with Crippen LogP contribution >= 0.6 is 0 Å². The second-order valence-electron chi connectivity index (χ2n) is 10.1. The van der Waals surface area contributed by atoms with Crippen LogP contribution in [0.1, 0.15) is 28.5 Å². The van der Waals surface area contributed by atoms with E-state index in [9.17, 15) is 0 Å². The van der Waals surface area contributed by atoms with E-state index in [1.54, 1.807) is 7.11 Å². The lowest BCUT2D eigenvalue weighted by Crippen LogP contribution is -2.16. The van der Waals surface area contributed by atoms with E-state index in [0.717, 1.165) is 84.2 Å². The number of rotatable bonds is 5. The van der Waals surface area contributed by atoms with Crippen LogP contribution in [0, 0.1) is 20.8 Å². The van der Waals surface area contributed by atoms with E-state index >= 15 is 0 Å². The van der Waals surface area contributed by atoms with Gasteiger partial charge in [-0.2, -0.15) is 0 Å². The number of methoxy groups -OCH3 is 1. The summed E-state index contributed by atoms with van der Waals surface area (Å²) in [6.45, 7) is 6.84. The van der Waals surface area contributed by atoms with Gasteiger partial charge in [0.15, 0.2) is 11.5 Å². The summed E-state index contributed by atoms with van der Waals surface area (Å²) in [6.07, 6.45) is 0.585.